The highest BCUT2D eigenvalue weighted by molar-refractivity contribution is 5.98. The number of hydrogen-bond donors (Lipinski definition) is 0. The number of rotatable bonds is 8. The molecule has 17 heavy (non-hydrogen) atoms. The van der Waals surface area contributed by atoms with E-state index in [1.54, 1.807) is 0 Å². The number of hydrogen-bond acceptors (Lipinski definition) is 5. The number of ketones is 1. The molecule has 0 bridgehead atoms. The Hall–Kier alpha value is -1.39. The molecule has 0 atom stereocenters. The van der Waals surface area contributed by atoms with Gasteiger partial charge >= 0.3 is 11.9 Å². The van der Waals surface area contributed by atoms with Gasteiger partial charge in [-0.25, -0.2) is 0 Å². The Morgan fingerprint density at radius 3 is 1.65 bits per heavy atom. The second-order valence-corrected chi connectivity index (χ2v) is 3.79. The van der Waals surface area contributed by atoms with Crippen LogP contribution in [0.2, 0.25) is 0 Å². The lowest BCUT2D eigenvalue weighted by Crippen LogP contribution is -2.30. The second kappa shape index (κ2) is 8.73. The van der Waals surface area contributed by atoms with E-state index in [9.17, 15) is 14.4 Å². The lowest BCUT2D eigenvalue weighted by atomic mass is 10.0. The fourth-order valence-corrected chi connectivity index (χ4v) is 1.16. The highest BCUT2D eigenvalue weighted by Crippen LogP contribution is 2.10. The second-order valence-electron chi connectivity index (χ2n) is 3.79. The zero-order chi connectivity index (χ0) is 13.3. The Bertz CT molecular complexity index is 252. The normalized spacial score (nSPS) is 10.1. The SMILES string of the molecule is CCCOC(=O)C(CC(C)=O)C(=O)OCCC. The Labute approximate surface area is 101 Å². The van der Waals surface area contributed by atoms with Gasteiger partial charge in [-0.2, -0.15) is 0 Å². The van der Waals surface area contributed by atoms with Crippen LogP contribution < -0.4 is 0 Å². The molecule has 0 aromatic carbocycles. The van der Waals surface area contributed by atoms with E-state index in [1.807, 2.05) is 13.8 Å². The van der Waals surface area contributed by atoms with E-state index < -0.39 is 17.9 Å². The molecule has 0 saturated carbocycles. The molecule has 0 radical (unpaired) electrons. The first-order chi connectivity index (χ1) is 8.02. The van der Waals surface area contributed by atoms with Gasteiger partial charge in [-0.15, -0.1) is 0 Å². The molecular weight excluding hydrogens is 224 g/mol. The van der Waals surface area contributed by atoms with E-state index in [-0.39, 0.29) is 25.4 Å². The molecule has 0 saturated heterocycles. The van der Waals surface area contributed by atoms with Crippen LogP contribution in [0.3, 0.4) is 0 Å². The van der Waals surface area contributed by atoms with Crippen molar-refractivity contribution in [3.05, 3.63) is 0 Å². The summed E-state index contributed by atoms with van der Waals surface area (Å²) in [6.45, 7) is 5.52. The highest BCUT2D eigenvalue weighted by Gasteiger charge is 2.30. The molecule has 0 aromatic rings. The Kier molecular flexibility index (Phi) is 8.01. The molecule has 0 aliphatic rings. The van der Waals surface area contributed by atoms with Crippen LogP contribution in [-0.2, 0) is 23.9 Å². The van der Waals surface area contributed by atoms with Crippen molar-refractivity contribution in [2.75, 3.05) is 13.2 Å². The maximum Gasteiger partial charge on any atom is 0.320 e. The molecule has 0 amide bonds. The molecule has 0 aliphatic heterocycles. The lowest BCUT2D eigenvalue weighted by Gasteiger charge is -2.13. The van der Waals surface area contributed by atoms with Crippen molar-refractivity contribution >= 4 is 17.7 Å². The van der Waals surface area contributed by atoms with Gasteiger partial charge < -0.3 is 9.47 Å². The molecule has 0 unspecified atom stereocenters. The van der Waals surface area contributed by atoms with Gasteiger partial charge in [-0.05, 0) is 19.8 Å². The van der Waals surface area contributed by atoms with Gasteiger partial charge in [-0.1, -0.05) is 13.8 Å². The van der Waals surface area contributed by atoms with Gasteiger partial charge in [0.05, 0.1) is 13.2 Å². The number of carbonyl (C=O) groups is 3. The molecule has 0 aliphatic carbocycles. The van der Waals surface area contributed by atoms with Gasteiger partial charge in [-0.3, -0.25) is 14.4 Å². The van der Waals surface area contributed by atoms with Crippen LogP contribution in [0.15, 0.2) is 0 Å². The first-order valence-electron chi connectivity index (χ1n) is 5.85. The van der Waals surface area contributed by atoms with E-state index >= 15 is 0 Å². The van der Waals surface area contributed by atoms with Crippen LogP contribution in [0.4, 0.5) is 0 Å². The van der Waals surface area contributed by atoms with Crippen molar-refractivity contribution in [3.63, 3.8) is 0 Å². The third kappa shape index (κ3) is 6.71. The zero-order valence-electron chi connectivity index (χ0n) is 10.7. The molecule has 98 valence electrons. The molecule has 5 heteroatoms. The molecule has 5 nitrogen and oxygen atoms in total. The molecule has 0 heterocycles. The minimum Gasteiger partial charge on any atom is -0.465 e. The summed E-state index contributed by atoms with van der Waals surface area (Å²) < 4.78 is 9.73. The molecule has 0 fully saturated rings. The van der Waals surface area contributed by atoms with Crippen molar-refractivity contribution in [2.24, 2.45) is 5.92 Å². The van der Waals surface area contributed by atoms with Crippen molar-refractivity contribution < 1.29 is 23.9 Å². The van der Waals surface area contributed by atoms with Gasteiger partial charge in [0.2, 0.25) is 0 Å². The third-order valence-corrected chi connectivity index (χ3v) is 1.96. The number of esters is 2. The maximum absolute atomic E-state index is 11.6. The first kappa shape index (κ1) is 15.6. The Balaban J connectivity index is 4.45. The van der Waals surface area contributed by atoms with E-state index in [2.05, 4.69) is 0 Å². The molecular formula is C12H20O5. The number of Topliss-reactive ketones (excluding diaryl/α,β-unsaturated/α-hetero) is 1. The van der Waals surface area contributed by atoms with Crippen LogP contribution in [0, 0.1) is 5.92 Å². The largest absolute Gasteiger partial charge is 0.465 e. The summed E-state index contributed by atoms with van der Waals surface area (Å²) in [7, 11) is 0. The monoisotopic (exact) mass is 244 g/mol. The molecule has 0 aromatic heterocycles. The topological polar surface area (TPSA) is 69.7 Å². The number of carbonyl (C=O) groups excluding carboxylic acids is 3. The Morgan fingerprint density at radius 2 is 1.35 bits per heavy atom. The minimum absolute atomic E-state index is 0.162. The predicted octanol–water partition coefficient (Wildman–Crippen LogP) is 1.49. The predicted molar refractivity (Wildman–Crippen MR) is 61.3 cm³/mol. The minimum atomic E-state index is -1.12. The number of ether oxygens (including phenoxy) is 2. The van der Waals surface area contributed by atoms with Crippen molar-refractivity contribution in [1.29, 1.82) is 0 Å². The molecule has 0 rings (SSSR count). The quantitative estimate of drug-likeness (QED) is 0.478. The molecule has 0 spiro atoms. The van der Waals surface area contributed by atoms with Crippen LogP contribution in [0.5, 0.6) is 0 Å². The van der Waals surface area contributed by atoms with E-state index in [0.717, 1.165) is 0 Å². The maximum atomic E-state index is 11.6. The standard InChI is InChI=1S/C12H20O5/c1-4-6-16-11(14)10(8-9(3)13)12(15)17-7-5-2/h10H,4-8H2,1-3H3. The van der Waals surface area contributed by atoms with Crippen molar-refractivity contribution in [2.45, 2.75) is 40.0 Å². The Morgan fingerprint density at radius 1 is 0.941 bits per heavy atom. The van der Waals surface area contributed by atoms with Crippen LogP contribution >= 0.6 is 0 Å². The molecule has 0 N–H and O–H groups in total. The van der Waals surface area contributed by atoms with Gasteiger partial charge in [0, 0.05) is 6.42 Å². The average molecular weight is 244 g/mol. The highest BCUT2D eigenvalue weighted by atomic mass is 16.6. The van der Waals surface area contributed by atoms with Crippen molar-refractivity contribution in [3.8, 4) is 0 Å². The van der Waals surface area contributed by atoms with Crippen LogP contribution in [0.1, 0.15) is 40.0 Å². The summed E-state index contributed by atoms with van der Waals surface area (Å²) in [6.07, 6.45) is 1.18. The van der Waals surface area contributed by atoms with Gasteiger partial charge in [0.25, 0.3) is 0 Å². The lowest BCUT2D eigenvalue weighted by molar-refractivity contribution is -0.163. The summed E-state index contributed by atoms with van der Waals surface area (Å²) in [6, 6.07) is 0. The fourth-order valence-electron chi connectivity index (χ4n) is 1.16. The average Bonchev–Trinajstić information content (AvgIpc) is 2.29. The zero-order valence-corrected chi connectivity index (χ0v) is 10.7. The fraction of sp³-hybridized carbons (Fsp3) is 0.750. The summed E-state index contributed by atoms with van der Waals surface area (Å²) in [4.78, 5) is 34.1. The third-order valence-electron chi connectivity index (χ3n) is 1.96. The van der Waals surface area contributed by atoms with E-state index in [4.69, 9.17) is 9.47 Å². The van der Waals surface area contributed by atoms with E-state index in [0.29, 0.717) is 12.8 Å². The van der Waals surface area contributed by atoms with Gasteiger partial charge in [0.15, 0.2) is 5.92 Å². The van der Waals surface area contributed by atoms with Crippen LogP contribution in [0.25, 0.3) is 0 Å². The summed E-state index contributed by atoms with van der Waals surface area (Å²) in [5.41, 5.74) is 0. The van der Waals surface area contributed by atoms with Crippen molar-refractivity contribution in [1.82, 2.24) is 0 Å². The van der Waals surface area contributed by atoms with Crippen LogP contribution in [-0.4, -0.2) is 30.9 Å². The smallest absolute Gasteiger partial charge is 0.320 e. The first-order valence-corrected chi connectivity index (χ1v) is 5.85. The van der Waals surface area contributed by atoms with E-state index in [1.165, 1.54) is 6.92 Å². The van der Waals surface area contributed by atoms with Gasteiger partial charge in [0.1, 0.15) is 5.78 Å². The summed E-state index contributed by atoms with van der Waals surface area (Å²) in [5, 5.41) is 0. The summed E-state index contributed by atoms with van der Waals surface area (Å²) >= 11 is 0. The summed E-state index contributed by atoms with van der Waals surface area (Å²) in [5.74, 6) is -2.71.